The highest BCUT2D eigenvalue weighted by Crippen LogP contribution is 2.31. The Kier molecular flexibility index (Phi) is 8.01. The lowest BCUT2D eigenvalue weighted by Crippen LogP contribution is -2.52. The summed E-state index contributed by atoms with van der Waals surface area (Å²) < 4.78 is 0. The topological polar surface area (TPSA) is 59.9 Å². The zero-order valence-corrected chi connectivity index (χ0v) is 18.3. The average molecular weight is 472 g/mol. The summed E-state index contributed by atoms with van der Waals surface area (Å²) in [4.78, 5) is 7.08. The van der Waals surface area contributed by atoms with E-state index in [-0.39, 0.29) is 24.0 Å². The van der Waals surface area contributed by atoms with Gasteiger partial charge in [0.15, 0.2) is 5.96 Å². The van der Waals surface area contributed by atoms with Crippen molar-refractivity contribution in [3.63, 3.8) is 0 Å². The molecule has 6 heteroatoms. The van der Waals surface area contributed by atoms with Gasteiger partial charge < -0.3 is 20.6 Å². The maximum atomic E-state index is 10.3. The zero-order chi connectivity index (χ0) is 17.7. The fraction of sp³-hybridized carbons (Fsp3) is 0.650. The molecule has 0 bridgehead atoms. The molecule has 0 radical (unpaired) electrons. The maximum Gasteiger partial charge on any atom is 0.191 e. The zero-order valence-electron chi connectivity index (χ0n) is 16.0. The minimum Gasteiger partial charge on any atom is -0.388 e. The highest BCUT2D eigenvalue weighted by Gasteiger charge is 2.34. The first-order valence-corrected chi connectivity index (χ1v) is 9.67. The van der Waals surface area contributed by atoms with Crippen LogP contribution in [0.1, 0.15) is 44.6 Å². The van der Waals surface area contributed by atoms with Gasteiger partial charge in [0.1, 0.15) is 0 Å². The molecular formula is C20H33IN4O. The predicted octanol–water partition coefficient (Wildman–Crippen LogP) is 3.05. The second kappa shape index (κ2) is 9.78. The van der Waals surface area contributed by atoms with E-state index in [1.54, 1.807) is 0 Å². The highest BCUT2D eigenvalue weighted by molar-refractivity contribution is 14.0. The van der Waals surface area contributed by atoms with Crippen LogP contribution in [0, 0.1) is 6.92 Å². The molecule has 1 saturated carbocycles. The van der Waals surface area contributed by atoms with Crippen LogP contribution in [0.4, 0.5) is 5.69 Å². The smallest absolute Gasteiger partial charge is 0.191 e. The highest BCUT2D eigenvalue weighted by atomic mass is 127. The molecule has 26 heavy (non-hydrogen) atoms. The number of guanidine groups is 1. The predicted molar refractivity (Wildman–Crippen MR) is 120 cm³/mol. The molecule has 1 heterocycles. The Morgan fingerprint density at radius 1 is 1.27 bits per heavy atom. The molecule has 1 unspecified atom stereocenters. The summed E-state index contributed by atoms with van der Waals surface area (Å²) in [5, 5.41) is 17.2. The molecule has 1 aromatic carbocycles. The van der Waals surface area contributed by atoms with Crippen molar-refractivity contribution in [2.75, 3.05) is 31.1 Å². The van der Waals surface area contributed by atoms with Gasteiger partial charge in [0, 0.05) is 31.4 Å². The van der Waals surface area contributed by atoms with Gasteiger partial charge in [0.25, 0.3) is 0 Å². The van der Waals surface area contributed by atoms with Crippen LogP contribution in [0.3, 0.4) is 0 Å². The van der Waals surface area contributed by atoms with Crippen molar-refractivity contribution in [3.05, 3.63) is 29.8 Å². The molecule has 1 aliphatic carbocycles. The number of piperidine rings is 1. The Balaban J connectivity index is 0.00000243. The van der Waals surface area contributed by atoms with Crippen molar-refractivity contribution in [2.24, 2.45) is 4.99 Å². The average Bonchev–Trinajstić information content (AvgIpc) is 2.59. The first-order chi connectivity index (χ1) is 12.1. The van der Waals surface area contributed by atoms with Crippen LogP contribution in [0.5, 0.6) is 0 Å². The molecule has 1 saturated heterocycles. The van der Waals surface area contributed by atoms with Crippen LogP contribution in [-0.2, 0) is 0 Å². The normalized spacial score (nSPS) is 22.2. The number of nitrogens with zero attached hydrogens (tertiary/aromatic N) is 2. The number of aliphatic imine (C=N–C) groups is 1. The molecule has 146 valence electrons. The summed E-state index contributed by atoms with van der Waals surface area (Å²) in [6.07, 6.45) is 5.19. The first-order valence-electron chi connectivity index (χ1n) is 9.67. The number of aliphatic hydroxyl groups is 1. The number of hydrogen-bond acceptors (Lipinski definition) is 3. The molecule has 2 aliphatic rings. The van der Waals surface area contributed by atoms with E-state index in [0.717, 1.165) is 51.3 Å². The van der Waals surface area contributed by atoms with Gasteiger partial charge >= 0.3 is 0 Å². The Morgan fingerprint density at radius 2 is 2.00 bits per heavy atom. The monoisotopic (exact) mass is 472 g/mol. The lowest BCUT2D eigenvalue weighted by atomic mass is 9.80. The largest absolute Gasteiger partial charge is 0.388 e. The van der Waals surface area contributed by atoms with E-state index >= 15 is 0 Å². The van der Waals surface area contributed by atoms with E-state index in [1.807, 2.05) is 0 Å². The molecule has 3 N–H and O–H groups in total. The van der Waals surface area contributed by atoms with Crippen molar-refractivity contribution in [1.29, 1.82) is 0 Å². The number of anilines is 1. The third-order valence-electron chi connectivity index (χ3n) is 5.32. The molecule has 0 aromatic heterocycles. The van der Waals surface area contributed by atoms with E-state index in [9.17, 15) is 5.11 Å². The molecule has 2 fully saturated rings. The fourth-order valence-electron chi connectivity index (χ4n) is 3.57. The molecule has 0 amide bonds. The summed E-state index contributed by atoms with van der Waals surface area (Å²) in [5.41, 5.74) is 2.02. The van der Waals surface area contributed by atoms with Crippen LogP contribution in [-0.4, -0.2) is 48.9 Å². The third kappa shape index (κ3) is 5.74. The Bertz CT molecular complexity index is 586. The molecule has 5 nitrogen and oxygen atoms in total. The maximum absolute atomic E-state index is 10.3. The second-order valence-electron chi connectivity index (χ2n) is 7.54. The van der Waals surface area contributed by atoms with Gasteiger partial charge in [0.05, 0.1) is 12.1 Å². The minimum atomic E-state index is -0.567. The van der Waals surface area contributed by atoms with E-state index in [2.05, 4.69) is 58.6 Å². The van der Waals surface area contributed by atoms with Crippen LogP contribution < -0.4 is 15.5 Å². The van der Waals surface area contributed by atoms with E-state index < -0.39 is 5.60 Å². The van der Waals surface area contributed by atoms with Crippen molar-refractivity contribution < 1.29 is 5.11 Å². The van der Waals surface area contributed by atoms with Gasteiger partial charge in [-0.2, -0.15) is 0 Å². The van der Waals surface area contributed by atoms with Crippen molar-refractivity contribution in [3.8, 4) is 0 Å². The molecular weight excluding hydrogens is 439 g/mol. The van der Waals surface area contributed by atoms with Gasteiger partial charge in [-0.25, -0.2) is 0 Å². The van der Waals surface area contributed by atoms with Crippen molar-refractivity contribution in [1.82, 2.24) is 10.6 Å². The van der Waals surface area contributed by atoms with Crippen LogP contribution in [0.25, 0.3) is 0 Å². The number of aryl methyl sites for hydroxylation is 1. The van der Waals surface area contributed by atoms with Gasteiger partial charge in [0.2, 0.25) is 0 Å². The van der Waals surface area contributed by atoms with Crippen molar-refractivity contribution >= 4 is 35.6 Å². The number of hydrogen-bond donors (Lipinski definition) is 3. The Hall–Kier alpha value is -1.02. The second-order valence-corrected chi connectivity index (χ2v) is 7.54. The molecule has 1 aliphatic heterocycles. The van der Waals surface area contributed by atoms with Crippen LogP contribution >= 0.6 is 24.0 Å². The van der Waals surface area contributed by atoms with E-state index in [1.165, 1.54) is 17.7 Å². The summed E-state index contributed by atoms with van der Waals surface area (Å²) >= 11 is 0. The molecule has 3 rings (SSSR count). The summed E-state index contributed by atoms with van der Waals surface area (Å²) in [6.45, 7) is 7.62. The quantitative estimate of drug-likeness (QED) is 0.350. The lowest BCUT2D eigenvalue weighted by molar-refractivity contribution is -0.0236. The van der Waals surface area contributed by atoms with E-state index in [4.69, 9.17) is 0 Å². The standard InChI is InChI=1S/C20H32N4O.HI/c1-3-21-19(22-15-20(25)11-5-12-20)23-17-6-4-13-24(14-17)18-9-7-16(2)8-10-18;/h7-10,17,25H,3-6,11-15H2,1-2H3,(H2,21,22,23);1H. The molecule has 0 spiro atoms. The Labute approximate surface area is 174 Å². The Morgan fingerprint density at radius 3 is 2.62 bits per heavy atom. The number of benzene rings is 1. The molecule has 1 atom stereocenters. The SMILES string of the molecule is CCNC(=NCC1(O)CCC1)NC1CCCN(c2ccc(C)cc2)C1.I. The number of nitrogens with one attached hydrogen (secondary N) is 2. The third-order valence-corrected chi connectivity index (χ3v) is 5.32. The minimum absolute atomic E-state index is 0. The summed E-state index contributed by atoms with van der Waals surface area (Å²) in [5.74, 6) is 0.832. The van der Waals surface area contributed by atoms with E-state index in [0.29, 0.717) is 12.6 Å². The van der Waals surface area contributed by atoms with Gasteiger partial charge in [-0.3, -0.25) is 4.99 Å². The van der Waals surface area contributed by atoms with Crippen LogP contribution in [0.15, 0.2) is 29.3 Å². The lowest BCUT2D eigenvalue weighted by Gasteiger charge is -2.37. The van der Waals surface area contributed by atoms with Crippen molar-refractivity contribution in [2.45, 2.75) is 57.6 Å². The molecule has 1 aromatic rings. The van der Waals surface area contributed by atoms with Crippen LogP contribution in [0.2, 0.25) is 0 Å². The number of rotatable bonds is 5. The van der Waals surface area contributed by atoms with Gasteiger partial charge in [-0.1, -0.05) is 17.7 Å². The fourth-order valence-corrected chi connectivity index (χ4v) is 3.57. The van der Waals surface area contributed by atoms with Gasteiger partial charge in [-0.05, 0) is 58.1 Å². The first kappa shape index (κ1) is 21.3. The van der Waals surface area contributed by atoms with Gasteiger partial charge in [-0.15, -0.1) is 24.0 Å². The summed E-state index contributed by atoms with van der Waals surface area (Å²) in [6, 6.07) is 9.16. The number of halogens is 1. The summed E-state index contributed by atoms with van der Waals surface area (Å²) in [7, 11) is 0.